The van der Waals surface area contributed by atoms with Crippen LogP contribution in [-0.4, -0.2) is 34.5 Å². The second-order valence-electron chi connectivity index (χ2n) is 6.19. The Hall–Kier alpha value is -0.490. The molecule has 0 aromatic heterocycles. The van der Waals surface area contributed by atoms with Gasteiger partial charge in [-0.1, -0.05) is 38.8 Å². The first-order valence-electron chi connectivity index (χ1n) is 8.72. The summed E-state index contributed by atoms with van der Waals surface area (Å²) in [7, 11) is 0. The first-order valence-corrected chi connectivity index (χ1v) is 10.2. The molecule has 0 radical (unpaired) electrons. The molecule has 0 spiro atoms. The lowest BCUT2D eigenvalue weighted by Gasteiger charge is -2.29. The van der Waals surface area contributed by atoms with E-state index < -0.39 is 0 Å². The van der Waals surface area contributed by atoms with Crippen molar-refractivity contribution in [3.05, 3.63) is 22.9 Å². The highest BCUT2D eigenvalue weighted by Gasteiger charge is 2.32. The van der Waals surface area contributed by atoms with Gasteiger partial charge in [-0.05, 0) is 30.6 Å². The molecule has 1 rings (SSSR count). The summed E-state index contributed by atoms with van der Waals surface area (Å²) in [5, 5.41) is 11.0. The average molecular weight is 376 g/mol. The number of carbonyl (C=O) groups is 1. The average Bonchev–Trinajstić information content (AvgIpc) is 2.51. The number of aliphatic hydroxyl groups excluding tert-OH is 1. The van der Waals surface area contributed by atoms with E-state index in [-0.39, 0.29) is 23.5 Å². The maximum atomic E-state index is 12.6. The summed E-state index contributed by atoms with van der Waals surface area (Å²) in [6.45, 7) is 6.70. The molecular weight excluding hydrogens is 346 g/mol. The molecule has 1 aliphatic carbocycles. The van der Waals surface area contributed by atoms with Crippen molar-refractivity contribution in [3.8, 4) is 0 Å². The summed E-state index contributed by atoms with van der Waals surface area (Å²) in [6, 6.07) is -0.269. The van der Waals surface area contributed by atoms with Crippen LogP contribution in [-0.2, 0) is 9.63 Å². The number of ketones is 1. The zero-order valence-corrected chi connectivity index (χ0v) is 16.5. The molecular formula is C18H30ClNO3S. The molecule has 1 aliphatic rings. The van der Waals surface area contributed by atoms with Gasteiger partial charge in [-0.15, -0.1) is 0 Å². The van der Waals surface area contributed by atoms with Crippen molar-refractivity contribution >= 4 is 29.1 Å². The zero-order valence-electron chi connectivity index (χ0n) is 14.9. The summed E-state index contributed by atoms with van der Waals surface area (Å²) in [5.74, 6) is 1.58. The Morgan fingerprint density at radius 2 is 2.21 bits per heavy atom. The van der Waals surface area contributed by atoms with Gasteiger partial charge in [0.15, 0.2) is 5.78 Å². The van der Waals surface area contributed by atoms with Crippen LogP contribution in [0.5, 0.6) is 0 Å². The van der Waals surface area contributed by atoms with Crippen LogP contribution in [0, 0.1) is 5.92 Å². The smallest absolute Gasteiger partial charge is 0.164 e. The quantitative estimate of drug-likeness (QED) is 0.403. The van der Waals surface area contributed by atoms with E-state index >= 15 is 0 Å². The van der Waals surface area contributed by atoms with E-state index in [9.17, 15) is 9.90 Å². The van der Waals surface area contributed by atoms with Crippen LogP contribution in [0.25, 0.3) is 0 Å². The molecule has 6 heteroatoms. The van der Waals surface area contributed by atoms with Gasteiger partial charge in [0.1, 0.15) is 5.76 Å². The van der Waals surface area contributed by atoms with Crippen LogP contribution in [0.4, 0.5) is 0 Å². The Bertz CT molecular complexity index is 454. The fourth-order valence-electron chi connectivity index (χ4n) is 3.16. The van der Waals surface area contributed by atoms with Crippen molar-refractivity contribution < 1.29 is 14.7 Å². The van der Waals surface area contributed by atoms with Gasteiger partial charge in [-0.3, -0.25) is 9.63 Å². The van der Waals surface area contributed by atoms with Crippen molar-refractivity contribution in [3.63, 3.8) is 0 Å². The normalized spacial score (nSPS) is 21.5. The van der Waals surface area contributed by atoms with Crippen LogP contribution in [0.3, 0.4) is 0 Å². The summed E-state index contributed by atoms with van der Waals surface area (Å²) >= 11 is 7.36. The van der Waals surface area contributed by atoms with Gasteiger partial charge in [0.2, 0.25) is 0 Å². The molecule has 0 fully saturated rings. The van der Waals surface area contributed by atoms with Gasteiger partial charge >= 0.3 is 0 Å². The second kappa shape index (κ2) is 12.0. The molecule has 0 bridgehead atoms. The van der Waals surface area contributed by atoms with Gasteiger partial charge in [-0.25, -0.2) is 0 Å². The van der Waals surface area contributed by atoms with E-state index in [4.69, 9.17) is 16.4 Å². The predicted octanol–water partition coefficient (Wildman–Crippen LogP) is 4.75. The van der Waals surface area contributed by atoms with Gasteiger partial charge in [-0.2, -0.15) is 17.2 Å². The fourth-order valence-corrected chi connectivity index (χ4v) is 4.21. The van der Waals surface area contributed by atoms with E-state index in [1.165, 1.54) is 5.54 Å². The Morgan fingerprint density at radius 1 is 1.46 bits per heavy atom. The highest BCUT2D eigenvalue weighted by atomic mass is 35.5. The van der Waals surface area contributed by atoms with Crippen molar-refractivity contribution in [1.82, 2.24) is 5.48 Å². The number of nitrogens with one attached hydrogen (secondary N) is 1. The Balaban J connectivity index is 2.73. The largest absolute Gasteiger partial charge is 0.512 e. The van der Waals surface area contributed by atoms with E-state index in [1.807, 2.05) is 18.7 Å². The Labute approximate surface area is 155 Å². The molecule has 3 unspecified atom stereocenters. The first-order chi connectivity index (χ1) is 11.5. The third-order valence-corrected chi connectivity index (χ3v) is 5.38. The number of hydrogen-bond donors (Lipinski definition) is 2. The SMILES string of the molecule is CCCC(NOC/C=C/Cl)C1=C(O)CC(CC(C)SCC)CC1=O. The highest BCUT2D eigenvalue weighted by molar-refractivity contribution is 7.99. The molecule has 3 atom stereocenters. The van der Waals surface area contributed by atoms with Crippen LogP contribution >= 0.6 is 23.4 Å². The summed E-state index contributed by atoms with van der Waals surface area (Å²) < 4.78 is 0. The minimum Gasteiger partial charge on any atom is -0.512 e. The maximum absolute atomic E-state index is 12.6. The third-order valence-electron chi connectivity index (χ3n) is 4.10. The first kappa shape index (κ1) is 21.6. The van der Waals surface area contributed by atoms with Crippen molar-refractivity contribution in [2.24, 2.45) is 5.92 Å². The monoisotopic (exact) mass is 375 g/mol. The number of hydrogen-bond acceptors (Lipinski definition) is 5. The number of Topliss-reactive ketones (excluding diaryl/α,β-unsaturated/α-hetero) is 1. The maximum Gasteiger partial charge on any atom is 0.164 e. The lowest BCUT2D eigenvalue weighted by molar-refractivity contribution is -0.118. The van der Waals surface area contributed by atoms with Gasteiger partial charge in [0.05, 0.1) is 18.2 Å². The molecule has 4 nitrogen and oxygen atoms in total. The number of aliphatic hydroxyl groups is 1. The molecule has 24 heavy (non-hydrogen) atoms. The summed E-state index contributed by atoms with van der Waals surface area (Å²) in [4.78, 5) is 17.9. The third kappa shape index (κ3) is 7.18. The number of rotatable bonds is 11. The molecule has 0 saturated carbocycles. The van der Waals surface area contributed by atoms with E-state index in [1.54, 1.807) is 6.08 Å². The molecule has 0 saturated heterocycles. The lowest BCUT2D eigenvalue weighted by Crippen LogP contribution is -2.37. The number of allylic oxidation sites excluding steroid dienone is 1. The van der Waals surface area contributed by atoms with Gasteiger partial charge in [0, 0.05) is 23.6 Å². The van der Waals surface area contributed by atoms with Crippen molar-refractivity contribution in [2.45, 2.75) is 64.2 Å². The molecule has 138 valence electrons. The van der Waals surface area contributed by atoms with Crippen LogP contribution in [0.2, 0.25) is 0 Å². The molecule has 0 aromatic rings. The van der Waals surface area contributed by atoms with Crippen LogP contribution < -0.4 is 5.48 Å². The minimum atomic E-state index is -0.269. The number of halogens is 1. The molecule has 0 amide bonds. The van der Waals surface area contributed by atoms with E-state index in [0.29, 0.717) is 30.3 Å². The van der Waals surface area contributed by atoms with Gasteiger partial charge < -0.3 is 5.11 Å². The Morgan fingerprint density at radius 3 is 2.79 bits per heavy atom. The standard InChI is InChI=1S/C18H30ClNO3S/c1-4-7-15(20-23-9-6-8-19)18-16(21)11-14(12-17(18)22)10-13(3)24-5-2/h6,8,13-15,20-21H,4-5,7,9-12H2,1-3H3/b8-6+. The number of carbonyl (C=O) groups excluding carboxylic acids is 1. The van der Waals surface area contributed by atoms with Crippen molar-refractivity contribution in [1.29, 1.82) is 0 Å². The van der Waals surface area contributed by atoms with E-state index in [0.717, 1.165) is 25.0 Å². The lowest BCUT2D eigenvalue weighted by atomic mass is 9.81. The molecule has 0 heterocycles. The Kier molecular flexibility index (Phi) is 10.7. The van der Waals surface area contributed by atoms with Gasteiger partial charge in [0.25, 0.3) is 0 Å². The summed E-state index contributed by atoms with van der Waals surface area (Å²) in [6.07, 6.45) is 5.35. The topological polar surface area (TPSA) is 58.6 Å². The minimum absolute atomic E-state index is 0.0416. The zero-order chi connectivity index (χ0) is 17.9. The number of hydroxylamine groups is 1. The predicted molar refractivity (Wildman–Crippen MR) is 102 cm³/mol. The second-order valence-corrected chi connectivity index (χ2v) is 8.16. The highest BCUT2D eigenvalue weighted by Crippen LogP contribution is 2.33. The molecule has 0 aromatic carbocycles. The van der Waals surface area contributed by atoms with Crippen LogP contribution in [0.15, 0.2) is 22.9 Å². The van der Waals surface area contributed by atoms with Crippen molar-refractivity contribution in [2.75, 3.05) is 12.4 Å². The summed E-state index contributed by atoms with van der Waals surface area (Å²) in [5.41, 5.74) is 4.80. The number of thioether (sulfide) groups is 1. The van der Waals surface area contributed by atoms with Crippen LogP contribution in [0.1, 0.15) is 52.9 Å². The molecule has 0 aliphatic heterocycles. The molecule has 2 N–H and O–H groups in total. The fraction of sp³-hybridized carbons (Fsp3) is 0.722. The van der Waals surface area contributed by atoms with E-state index in [2.05, 4.69) is 19.3 Å².